The molecule has 112 valence electrons. The van der Waals surface area contributed by atoms with E-state index in [0.717, 1.165) is 12.1 Å². The van der Waals surface area contributed by atoms with Gasteiger partial charge in [-0.2, -0.15) is 0 Å². The summed E-state index contributed by atoms with van der Waals surface area (Å²) in [5.74, 6) is -1.08. The molecule has 4 nitrogen and oxygen atoms in total. The van der Waals surface area contributed by atoms with Gasteiger partial charge in [-0.05, 0) is 42.8 Å². The molecule has 2 N–H and O–H groups in total. The van der Waals surface area contributed by atoms with Gasteiger partial charge in [-0.1, -0.05) is 6.07 Å². The Bertz CT molecular complexity index is 756. The Hall–Kier alpha value is -1.99. The number of aryl methyl sites for hydroxylation is 1. The van der Waals surface area contributed by atoms with E-state index in [1.54, 1.807) is 6.92 Å². The van der Waals surface area contributed by atoms with Crippen LogP contribution in [0, 0.1) is 18.6 Å². The molecule has 0 aliphatic rings. The first-order chi connectivity index (χ1) is 9.79. The Morgan fingerprint density at radius 3 is 2.29 bits per heavy atom. The SMILES string of the molecule is Cc1cc(S(N)(=O)=O)ccc1OCc1c(F)cccc1F. The third kappa shape index (κ3) is 3.56. The fourth-order valence-electron chi connectivity index (χ4n) is 1.78. The van der Waals surface area contributed by atoms with Gasteiger partial charge in [0.25, 0.3) is 0 Å². The van der Waals surface area contributed by atoms with E-state index < -0.39 is 21.7 Å². The molecule has 0 spiro atoms. The second kappa shape index (κ2) is 5.79. The van der Waals surface area contributed by atoms with Crippen molar-refractivity contribution in [2.24, 2.45) is 5.14 Å². The van der Waals surface area contributed by atoms with E-state index in [-0.39, 0.29) is 17.1 Å². The van der Waals surface area contributed by atoms with Crippen LogP contribution in [0.4, 0.5) is 8.78 Å². The average molecular weight is 313 g/mol. The normalized spacial score (nSPS) is 11.4. The van der Waals surface area contributed by atoms with Gasteiger partial charge in [0.15, 0.2) is 0 Å². The van der Waals surface area contributed by atoms with Crippen LogP contribution in [-0.2, 0) is 16.6 Å². The van der Waals surface area contributed by atoms with Crippen LogP contribution in [0.25, 0.3) is 0 Å². The zero-order valence-electron chi connectivity index (χ0n) is 11.1. The van der Waals surface area contributed by atoms with Gasteiger partial charge in [0.05, 0.1) is 10.5 Å². The highest BCUT2D eigenvalue weighted by molar-refractivity contribution is 7.89. The summed E-state index contributed by atoms with van der Waals surface area (Å²) in [7, 11) is -3.80. The maximum Gasteiger partial charge on any atom is 0.238 e. The van der Waals surface area contributed by atoms with Crippen LogP contribution in [-0.4, -0.2) is 8.42 Å². The van der Waals surface area contributed by atoms with Crippen molar-refractivity contribution in [3.63, 3.8) is 0 Å². The Morgan fingerprint density at radius 2 is 1.76 bits per heavy atom. The van der Waals surface area contributed by atoms with E-state index in [4.69, 9.17) is 9.88 Å². The predicted molar refractivity (Wildman–Crippen MR) is 73.2 cm³/mol. The first-order valence-electron chi connectivity index (χ1n) is 5.98. The first-order valence-corrected chi connectivity index (χ1v) is 7.53. The standard InChI is InChI=1S/C14H13F2NO3S/c1-9-7-10(21(17,18)19)5-6-14(9)20-8-11-12(15)3-2-4-13(11)16/h2-7H,8H2,1H3,(H2,17,18,19). The Morgan fingerprint density at radius 1 is 1.14 bits per heavy atom. The van der Waals surface area contributed by atoms with Crippen molar-refractivity contribution < 1.29 is 21.9 Å². The molecule has 0 aromatic heterocycles. The summed E-state index contributed by atoms with van der Waals surface area (Å²) in [4.78, 5) is -0.0515. The molecule has 0 unspecified atom stereocenters. The number of halogens is 2. The van der Waals surface area contributed by atoms with Gasteiger partial charge in [0.1, 0.15) is 24.0 Å². The molecule has 2 aromatic carbocycles. The molecular formula is C14H13F2NO3S. The minimum atomic E-state index is -3.80. The molecule has 0 radical (unpaired) electrons. The van der Waals surface area contributed by atoms with Crippen molar-refractivity contribution in [2.75, 3.05) is 0 Å². The molecule has 0 amide bonds. The molecular weight excluding hydrogens is 300 g/mol. The third-order valence-corrected chi connectivity index (χ3v) is 3.82. The second-order valence-corrected chi connectivity index (χ2v) is 6.02. The van der Waals surface area contributed by atoms with Crippen LogP contribution in [0.5, 0.6) is 5.75 Å². The quantitative estimate of drug-likeness (QED) is 0.943. The van der Waals surface area contributed by atoms with Gasteiger partial charge in [0.2, 0.25) is 10.0 Å². The van der Waals surface area contributed by atoms with Crippen LogP contribution in [0.2, 0.25) is 0 Å². The summed E-state index contributed by atoms with van der Waals surface area (Å²) < 4.78 is 54.7. The van der Waals surface area contributed by atoms with E-state index in [9.17, 15) is 17.2 Å². The van der Waals surface area contributed by atoms with E-state index in [2.05, 4.69) is 0 Å². The molecule has 0 aliphatic heterocycles. The lowest BCUT2D eigenvalue weighted by atomic mass is 10.2. The van der Waals surface area contributed by atoms with Gasteiger partial charge in [-0.15, -0.1) is 0 Å². The highest BCUT2D eigenvalue weighted by Crippen LogP contribution is 2.23. The molecule has 2 aromatic rings. The summed E-state index contributed by atoms with van der Waals surface area (Å²) in [6, 6.07) is 7.54. The number of benzene rings is 2. The molecule has 0 atom stereocenters. The van der Waals surface area contributed by atoms with Gasteiger partial charge in [-0.3, -0.25) is 0 Å². The third-order valence-electron chi connectivity index (χ3n) is 2.91. The zero-order chi connectivity index (χ0) is 15.6. The van der Waals surface area contributed by atoms with Crippen LogP contribution in [0.15, 0.2) is 41.3 Å². The van der Waals surface area contributed by atoms with Crippen LogP contribution in [0.3, 0.4) is 0 Å². The first kappa shape index (κ1) is 15.4. The minimum Gasteiger partial charge on any atom is -0.488 e. The molecule has 0 bridgehead atoms. The van der Waals surface area contributed by atoms with Crippen molar-refractivity contribution in [1.82, 2.24) is 0 Å². The van der Waals surface area contributed by atoms with Crippen LogP contribution < -0.4 is 9.88 Å². The predicted octanol–water partition coefficient (Wildman–Crippen LogP) is 2.50. The Kier molecular flexibility index (Phi) is 4.24. The monoisotopic (exact) mass is 313 g/mol. The number of primary sulfonamides is 1. The Labute approximate surface area is 121 Å². The van der Waals surface area contributed by atoms with Crippen molar-refractivity contribution in [3.8, 4) is 5.75 Å². The molecule has 0 aliphatic carbocycles. The summed E-state index contributed by atoms with van der Waals surface area (Å²) in [5.41, 5.74) is 0.311. The highest BCUT2D eigenvalue weighted by Gasteiger charge is 2.12. The number of hydrogen-bond acceptors (Lipinski definition) is 3. The van der Waals surface area contributed by atoms with Crippen molar-refractivity contribution in [3.05, 3.63) is 59.2 Å². The minimum absolute atomic E-state index is 0.0515. The fraction of sp³-hybridized carbons (Fsp3) is 0.143. The number of ether oxygens (including phenoxy) is 1. The molecule has 0 saturated heterocycles. The second-order valence-electron chi connectivity index (χ2n) is 4.46. The molecule has 7 heteroatoms. The highest BCUT2D eigenvalue weighted by atomic mass is 32.2. The lowest BCUT2D eigenvalue weighted by Gasteiger charge is -2.11. The molecule has 0 fully saturated rings. The van der Waals surface area contributed by atoms with Gasteiger partial charge in [0, 0.05) is 0 Å². The van der Waals surface area contributed by atoms with E-state index in [1.165, 1.54) is 24.3 Å². The number of sulfonamides is 1. The summed E-state index contributed by atoms with van der Waals surface area (Å²) in [5, 5.41) is 5.01. The summed E-state index contributed by atoms with van der Waals surface area (Å²) in [6.07, 6.45) is 0. The lowest BCUT2D eigenvalue weighted by molar-refractivity contribution is 0.290. The van der Waals surface area contributed by atoms with Gasteiger partial charge >= 0.3 is 0 Å². The van der Waals surface area contributed by atoms with E-state index in [0.29, 0.717) is 11.3 Å². The summed E-state index contributed by atoms with van der Waals surface area (Å²) in [6.45, 7) is 1.32. The number of hydrogen-bond donors (Lipinski definition) is 1. The van der Waals surface area contributed by atoms with Crippen LogP contribution >= 0.6 is 0 Å². The maximum atomic E-state index is 13.5. The maximum absolute atomic E-state index is 13.5. The van der Waals surface area contributed by atoms with Crippen molar-refractivity contribution >= 4 is 10.0 Å². The number of nitrogens with two attached hydrogens (primary N) is 1. The summed E-state index contributed by atoms with van der Waals surface area (Å²) >= 11 is 0. The fourth-order valence-corrected chi connectivity index (χ4v) is 2.38. The lowest BCUT2D eigenvalue weighted by Crippen LogP contribution is -2.12. The van der Waals surface area contributed by atoms with Crippen molar-refractivity contribution in [2.45, 2.75) is 18.4 Å². The largest absolute Gasteiger partial charge is 0.488 e. The molecule has 0 heterocycles. The molecule has 0 saturated carbocycles. The average Bonchev–Trinajstić information content (AvgIpc) is 2.38. The van der Waals surface area contributed by atoms with Gasteiger partial charge in [-0.25, -0.2) is 22.3 Å². The smallest absolute Gasteiger partial charge is 0.238 e. The van der Waals surface area contributed by atoms with E-state index >= 15 is 0 Å². The Balaban J connectivity index is 2.22. The molecule has 2 rings (SSSR count). The van der Waals surface area contributed by atoms with Crippen molar-refractivity contribution in [1.29, 1.82) is 0 Å². The molecule has 21 heavy (non-hydrogen) atoms. The van der Waals surface area contributed by atoms with Crippen LogP contribution in [0.1, 0.15) is 11.1 Å². The van der Waals surface area contributed by atoms with E-state index in [1.807, 2.05) is 0 Å². The number of rotatable bonds is 4. The topological polar surface area (TPSA) is 69.4 Å². The zero-order valence-corrected chi connectivity index (χ0v) is 12.0. The van der Waals surface area contributed by atoms with Gasteiger partial charge < -0.3 is 4.74 Å².